The maximum absolute atomic E-state index is 13.0. The fourth-order valence-electron chi connectivity index (χ4n) is 1.93. The molecular formula is C15H21BF3N3OS. The number of aromatic nitrogens is 3. The van der Waals surface area contributed by atoms with Crippen LogP contribution in [0, 0.1) is 0 Å². The van der Waals surface area contributed by atoms with Crippen LogP contribution < -0.4 is 5.46 Å². The Bertz CT molecular complexity index is 681. The second-order valence-electron chi connectivity index (χ2n) is 6.47. The lowest BCUT2D eigenvalue weighted by Crippen LogP contribution is -2.11. The van der Waals surface area contributed by atoms with Gasteiger partial charge >= 0.3 is 6.18 Å². The Hall–Kier alpha value is -1.48. The number of imidazole rings is 1. The van der Waals surface area contributed by atoms with Crippen molar-refractivity contribution in [1.29, 1.82) is 0 Å². The predicted octanol–water partition coefficient (Wildman–Crippen LogP) is 1.89. The monoisotopic (exact) mass is 359 g/mol. The van der Waals surface area contributed by atoms with Crippen LogP contribution in [0.1, 0.15) is 5.69 Å². The van der Waals surface area contributed by atoms with Crippen molar-refractivity contribution in [2.45, 2.75) is 12.9 Å². The van der Waals surface area contributed by atoms with Gasteiger partial charge in [-0.3, -0.25) is 4.98 Å². The van der Waals surface area contributed by atoms with Crippen LogP contribution in [-0.4, -0.2) is 53.5 Å². The summed E-state index contributed by atoms with van der Waals surface area (Å²) in [5.74, 6) is 1.05. The number of ether oxygens (including phenoxy) is 1. The first-order valence-corrected chi connectivity index (χ1v) is 10.4. The van der Waals surface area contributed by atoms with Gasteiger partial charge in [-0.25, -0.2) is 15.0 Å². The second kappa shape index (κ2) is 7.19. The van der Waals surface area contributed by atoms with E-state index in [-0.39, 0.29) is 12.6 Å². The molecule has 0 saturated heterocycles. The summed E-state index contributed by atoms with van der Waals surface area (Å²) in [5.41, 5.74) is 0.378. The molecule has 2 rings (SSSR count). The van der Waals surface area contributed by atoms with Crippen LogP contribution in [0.15, 0.2) is 24.5 Å². The number of nitrogens with zero attached hydrogens (tertiary/aromatic N) is 3. The van der Waals surface area contributed by atoms with E-state index in [1.54, 1.807) is 18.3 Å². The van der Waals surface area contributed by atoms with Crippen molar-refractivity contribution in [2.75, 3.05) is 31.1 Å². The molecule has 0 unspecified atom stereocenters. The van der Waals surface area contributed by atoms with E-state index >= 15 is 0 Å². The normalized spacial score (nSPS) is 13.2. The van der Waals surface area contributed by atoms with E-state index in [2.05, 4.69) is 28.7 Å². The molecule has 24 heavy (non-hydrogen) atoms. The molecule has 0 fully saturated rings. The van der Waals surface area contributed by atoms with Gasteiger partial charge in [0, 0.05) is 18.1 Å². The molecule has 0 aliphatic rings. The Morgan fingerprint density at radius 1 is 1.25 bits per heavy atom. The standard InChI is InChI=1S/C15H21BF3N3OS/c1-24(2,3)7-6-23-10-22-9-13(15(17,18)19)21-14(22)12-5-4-11(16)8-20-12/h4-5,8-9H,6-7,10,16H2,1-3H3. The number of hydrogen-bond donors (Lipinski definition) is 0. The van der Waals surface area contributed by atoms with Crippen molar-refractivity contribution >= 4 is 23.3 Å². The number of alkyl halides is 3. The van der Waals surface area contributed by atoms with Gasteiger partial charge in [-0.2, -0.15) is 13.2 Å². The van der Waals surface area contributed by atoms with Crippen LogP contribution >= 0.6 is 10.0 Å². The van der Waals surface area contributed by atoms with Crippen LogP contribution in [0.2, 0.25) is 0 Å². The largest absolute Gasteiger partial charge is 0.434 e. The van der Waals surface area contributed by atoms with Gasteiger partial charge in [-0.05, 0) is 24.8 Å². The van der Waals surface area contributed by atoms with Gasteiger partial charge in [0.15, 0.2) is 11.5 Å². The van der Waals surface area contributed by atoms with Gasteiger partial charge < -0.3 is 9.30 Å². The highest BCUT2D eigenvalue weighted by Gasteiger charge is 2.35. The Kier molecular flexibility index (Phi) is 5.65. The zero-order valence-electron chi connectivity index (χ0n) is 14.2. The molecule has 0 aliphatic carbocycles. The third-order valence-corrected chi connectivity index (χ3v) is 4.67. The van der Waals surface area contributed by atoms with E-state index in [9.17, 15) is 13.2 Å². The second-order valence-corrected chi connectivity index (χ2v) is 11.1. The molecule has 2 aromatic rings. The molecule has 0 bridgehead atoms. The minimum Gasteiger partial charge on any atom is -0.360 e. The van der Waals surface area contributed by atoms with Crippen molar-refractivity contribution in [3.8, 4) is 11.5 Å². The highest BCUT2D eigenvalue weighted by atomic mass is 32.3. The molecule has 2 aromatic heterocycles. The maximum atomic E-state index is 13.0. The highest BCUT2D eigenvalue weighted by Crippen LogP contribution is 2.34. The zero-order chi connectivity index (χ0) is 18.0. The van der Waals surface area contributed by atoms with Gasteiger partial charge in [0.05, 0.1) is 6.61 Å². The molecule has 0 N–H and O–H groups in total. The molecule has 132 valence electrons. The summed E-state index contributed by atoms with van der Waals surface area (Å²) in [5, 5.41) is 0. The Labute approximate surface area is 142 Å². The van der Waals surface area contributed by atoms with E-state index in [1.165, 1.54) is 4.57 Å². The van der Waals surface area contributed by atoms with Crippen LogP contribution in [0.4, 0.5) is 13.2 Å². The molecule has 2 heterocycles. The lowest BCUT2D eigenvalue weighted by Gasteiger charge is -2.24. The summed E-state index contributed by atoms with van der Waals surface area (Å²) in [4.78, 5) is 7.88. The Morgan fingerprint density at radius 3 is 2.50 bits per heavy atom. The van der Waals surface area contributed by atoms with Crippen molar-refractivity contribution in [1.82, 2.24) is 14.5 Å². The molecule has 0 aromatic carbocycles. The first kappa shape index (κ1) is 18.9. The maximum Gasteiger partial charge on any atom is 0.434 e. The molecular weight excluding hydrogens is 338 g/mol. The fraction of sp³-hybridized carbons (Fsp3) is 0.467. The lowest BCUT2D eigenvalue weighted by molar-refractivity contribution is -0.141. The van der Waals surface area contributed by atoms with E-state index in [4.69, 9.17) is 4.74 Å². The SMILES string of the molecule is Bc1ccc(-c2nc(C(F)(F)F)cn2COCCS(C)(C)C)nc1. The summed E-state index contributed by atoms with van der Waals surface area (Å²) in [6, 6.07) is 3.45. The summed E-state index contributed by atoms with van der Waals surface area (Å²) in [6.45, 7) is 0.516. The first-order chi connectivity index (χ1) is 11.1. The van der Waals surface area contributed by atoms with Crippen molar-refractivity contribution in [3.05, 3.63) is 30.2 Å². The minimum absolute atomic E-state index is 0.0174. The van der Waals surface area contributed by atoms with E-state index in [0.29, 0.717) is 12.3 Å². The minimum atomic E-state index is -4.50. The van der Waals surface area contributed by atoms with Crippen LogP contribution in [0.25, 0.3) is 11.5 Å². The smallest absolute Gasteiger partial charge is 0.360 e. The lowest BCUT2D eigenvalue weighted by atomic mass is 9.99. The summed E-state index contributed by atoms with van der Waals surface area (Å²) < 4.78 is 45.8. The molecule has 0 saturated carbocycles. The van der Waals surface area contributed by atoms with Gasteiger partial charge in [0.25, 0.3) is 0 Å². The molecule has 4 nitrogen and oxygen atoms in total. The third-order valence-electron chi connectivity index (χ3n) is 3.28. The zero-order valence-corrected chi connectivity index (χ0v) is 15.0. The highest BCUT2D eigenvalue weighted by molar-refractivity contribution is 8.32. The number of hydrogen-bond acceptors (Lipinski definition) is 3. The van der Waals surface area contributed by atoms with Gasteiger partial charge in [-0.1, -0.05) is 11.5 Å². The topological polar surface area (TPSA) is 39.9 Å². The molecule has 0 spiro atoms. The summed E-state index contributed by atoms with van der Waals surface area (Å²) >= 11 is 0. The predicted molar refractivity (Wildman–Crippen MR) is 94.8 cm³/mol. The number of pyridine rings is 1. The fourth-order valence-corrected chi connectivity index (χ4v) is 2.55. The van der Waals surface area contributed by atoms with E-state index in [1.807, 2.05) is 7.85 Å². The van der Waals surface area contributed by atoms with Crippen molar-refractivity contribution in [3.63, 3.8) is 0 Å². The molecule has 0 radical (unpaired) electrons. The van der Waals surface area contributed by atoms with E-state index < -0.39 is 21.9 Å². The Balaban J connectivity index is 2.21. The Morgan fingerprint density at radius 2 is 1.96 bits per heavy atom. The molecule has 0 atom stereocenters. The number of rotatable bonds is 6. The van der Waals surface area contributed by atoms with Crippen molar-refractivity contribution < 1.29 is 17.9 Å². The van der Waals surface area contributed by atoms with Crippen LogP contribution in [0.3, 0.4) is 0 Å². The average Bonchev–Trinajstić information content (AvgIpc) is 2.88. The summed E-state index contributed by atoms with van der Waals surface area (Å²) in [7, 11) is 1.16. The molecule has 0 aliphatic heterocycles. The van der Waals surface area contributed by atoms with Crippen LogP contribution in [-0.2, 0) is 17.6 Å². The molecule has 9 heteroatoms. The van der Waals surface area contributed by atoms with Gasteiger partial charge in [0.1, 0.15) is 20.3 Å². The van der Waals surface area contributed by atoms with Gasteiger partial charge in [0.2, 0.25) is 0 Å². The molecule has 0 amide bonds. The van der Waals surface area contributed by atoms with Gasteiger partial charge in [-0.15, -0.1) is 0 Å². The van der Waals surface area contributed by atoms with Crippen molar-refractivity contribution in [2.24, 2.45) is 0 Å². The van der Waals surface area contributed by atoms with E-state index in [0.717, 1.165) is 17.4 Å². The quantitative estimate of drug-likeness (QED) is 0.584. The number of halogens is 3. The first-order valence-electron chi connectivity index (χ1n) is 7.37. The van der Waals surface area contributed by atoms with Crippen LogP contribution in [0.5, 0.6) is 0 Å². The third kappa shape index (κ3) is 5.27. The summed E-state index contributed by atoms with van der Waals surface area (Å²) in [6.07, 6.45) is 4.57. The average molecular weight is 359 g/mol.